The number of halogens is 2. The molecule has 0 radical (unpaired) electrons. The van der Waals surface area contributed by atoms with E-state index >= 15 is 0 Å². The molecule has 1 unspecified atom stereocenters. The van der Waals surface area contributed by atoms with E-state index in [1.54, 1.807) is 13.8 Å². The number of rotatable bonds is 4. The van der Waals surface area contributed by atoms with Crippen LogP contribution in [0.15, 0.2) is 24.3 Å². The molecule has 2 rings (SSSR count). The monoisotopic (exact) mass is 307 g/mol. The molecule has 118 valence electrons. The normalized spacial score (nSPS) is 12.5. The number of nitrogens with zero attached hydrogens (tertiary/aromatic N) is 2. The Labute approximate surface area is 128 Å². The number of amides is 1. The lowest BCUT2D eigenvalue weighted by atomic mass is 10.1. The maximum atomic E-state index is 12.7. The minimum Gasteiger partial charge on any atom is -0.324 e. The molecule has 0 aliphatic heterocycles. The summed E-state index contributed by atoms with van der Waals surface area (Å²) < 4.78 is 26.7. The van der Waals surface area contributed by atoms with E-state index in [0.29, 0.717) is 5.69 Å². The van der Waals surface area contributed by atoms with Crippen LogP contribution in [0.2, 0.25) is 0 Å². The zero-order valence-corrected chi connectivity index (χ0v) is 13.0. The third-order valence-corrected chi connectivity index (χ3v) is 3.56. The number of aryl methyl sites for hydroxylation is 3. The molecular formula is C16H19F2N3O. The average molecular weight is 307 g/mol. The van der Waals surface area contributed by atoms with E-state index < -0.39 is 12.5 Å². The van der Waals surface area contributed by atoms with Crippen molar-refractivity contribution in [2.45, 2.75) is 40.2 Å². The SMILES string of the molecule is Cc1ccc(C)c(NC(=O)C(C)n2nc(C(F)F)cc2C)c1. The molecule has 1 heterocycles. The fourth-order valence-corrected chi connectivity index (χ4v) is 2.23. The van der Waals surface area contributed by atoms with Gasteiger partial charge in [-0.05, 0) is 51.0 Å². The van der Waals surface area contributed by atoms with E-state index in [0.717, 1.165) is 16.8 Å². The molecule has 0 aliphatic rings. The molecule has 1 aromatic carbocycles. The highest BCUT2D eigenvalue weighted by atomic mass is 19.3. The van der Waals surface area contributed by atoms with E-state index in [2.05, 4.69) is 10.4 Å². The van der Waals surface area contributed by atoms with Crippen LogP contribution in [0.1, 0.15) is 41.9 Å². The zero-order valence-electron chi connectivity index (χ0n) is 13.0. The van der Waals surface area contributed by atoms with E-state index in [4.69, 9.17) is 0 Å². The second-order valence-corrected chi connectivity index (χ2v) is 5.44. The summed E-state index contributed by atoms with van der Waals surface area (Å²) in [4.78, 5) is 12.3. The summed E-state index contributed by atoms with van der Waals surface area (Å²) in [6.07, 6.45) is -2.64. The van der Waals surface area contributed by atoms with Crippen molar-refractivity contribution in [3.8, 4) is 0 Å². The van der Waals surface area contributed by atoms with Gasteiger partial charge in [0.25, 0.3) is 6.43 Å². The number of carbonyl (C=O) groups excluding carboxylic acids is 1. The zero-order chi connectivity index (χ0) is 16.4. The molecule has 0 spiro atoms. The van der Waals surface area contributed by atoms with Crippen LogP contribution < -0.4 is 5.32 Å². The van der Waals surface area contributed by atoms with Crippen molar-refractivity contribution >= 4 is 11.6 Å². The van der Waals surface area contributed by atoms with Gasteiger partial charge in [0.05, 0.1) is 0 Å². The van der Waals surface area contributed by atoms with E-state index in [1.165, 1.54) is 10.7 Å². The second kappa shape index (κ2) is 6.25. The van der Waals surface area contributed by atoms with Gasteiger partial charge in [-0.1, -0.05) is 12.1 Å². The minimum absolute atomic E-state index is 0.291. The molecule has 6 heteroatoms. The molecule has 0 aliphatic carbocycles. The second-order valence-electron chi connectivity index (χ2n) is 5.44. The smallest absolute Gasteiger partial charge is 0.282 e. The van der Waals surface area contributed by atoms with Crippen LogP contribution in [0.25, 0.3) is 0 Å². The predicted octanol–water partition coefficient (Wildman–Crippen LogP) is 3.95. The quantitative estimate of drug-likeness (QED) is 0.930. The Balaban J connectivity index is 2.20. The van der Waals surface area contributed by atoms with Gasteiger partial charge >= 0.3 is 0 Å². The number of hydrogen-bond donors (Lipinski definition) is 1. The molecule has 2 aromatic rings. The Morgan fingerprint density at radius 2 is 1.91 bits per heavy atom. The van der Waals surface area contributed by atoms with Crippen LogP contribution in [0.3, 0.4) is 0 Å². The third kappa shape index (κ3) is 3.32. The summed E-state index contributed by atoms with van der Waals surface area (Å²) in [5.74, 6) is -0.291. The van der Waals surface area contributed by atoms with Crippen LogP contribution in [0.5, 0.6) is 0 Å². The first-order valence-electron chi connectivity index (χ1n) is 7.02. The summed E-state index contributed by atoms with van der Waals surface area (Å²) in [6, 6.07) is 6.38. The Bertz CT molecular complexity index is 695. The molecule has 1 amide bonds. The van der Waals surface area contributed by atoms with Crippen LogP contribution in [0, 0.1) is 20.8 Å². The van der Waals surface area contributed by atoms with Crippen molar-refractivity contribution in [3.63, 3.8) is 0 Å². The van der Waals surface area contributed by atoms with Gasteiger partial charge in [0.15, 0.2) is 0 Å². The number of hydrogen-bond acceptors (Lipinski definition) is 2. The maximum absolute atomic E-state index is 12.7. The number of anilines is 1. The first-order chi connectivity index (χ1) is 10.3. The lowest BCUT2D eigenvalue weighted by Gasteiger charge is -2.16. The highest BCUT2D eigenvalue weighted by Crippen LogP contribution is 2.22. The van der Waals surface area contributed by atoms with Crippen LogP contribution in [-0.4, -0.2) is 15.7 Å². The lowest BCUT2D eigenvalue weighted by Crippen LogP contribution is -2.25. The standard InChI is InChI=1S/C16H19F2N3O/c1-9-5-6-10(2)13(7-9)19-16(22)12(4)21-11(3)8-14(20-21)15(17)18/h5-8,12,15H,1-4H3,(H,19,22). The van der Waals surface area contributed by atoms with Crippen molar-refractivity contribution < 1.29 is 13.6 Å². The van der Waals surface area contributed by atoms with Gasteiger partial charge in [0, 0.05) is 11.4 Å². The fraction of sp³-hybridized carbons (Fsp3) is 0.375. The number of aromatic nitrogens is 2. The van der Waals surface area contributed by atoms with Gasteiger partial charge < -0.3 is 5.32 Å². The van der Waals surface area contributed by atoms with Gasteiger partial charge in [-0.2, -0.15) is 5.10 Å². The van der Waals surface area contributed by atoms with Gasteiger partial charge in [0.2, 0.25) is 5.91 Å². The first kappa shape index (κ1) is 16.1. The number of alkyl halides is 2. The Kier molecular flexibility index (Phi) is 4.59. The first-order valence-corrected chi connectivity index (χ1v) is 7.02. The molecule has 0 fully saturated rings. The van der Waals surface area contributed by atoms with Crippen LogP contribution in [-0.2, 0) is 4.79 Å². The minimum atomic E-state index is -2.64. The van der Waals surface area contributed by atoms with Crippen LogP contribution >= 0.6 is 0 Å². The number of nitrogens with one attached hydrogen (secondary N) is 1. The van der Waals surface area contributed by atoms with Gasteiger partial charge in [-0.3, -0.25) is 9.48 Å². The summed E-state index contributed by atoms with van der Waals surface area (Å²) in [6.45, 7) is 7.12. The molecule has 1 aromatic heterocycles. The van der Waals surface area contributed by atoms with Crippen molar-refractivity contribution in [2.75, 3.05) is 5.32 Å². The molecule has 1 N–H and O–H groups in total. The van der Waals surface area contributed by atoms with Gasteiger partial charge in [-0.25, -0.2) is 8.78 Å². The largest absolute Gasteiger partial charge is 0.324 e. The highest BCUT2D eigenvalue weighted by Gasteiger charge is 2.21. The number of carbonyl (C=O) groups is 1. The van der Waals surface area contributed by atoms with Crippen molar-refractivity contribution in [1.29, 1.82) is 0 Å². The predicted molar refractivity (Wildman–Crippen MR) is 81.2 cm³/mol. The Morgan fingerprint density at radius 3 is 2.50 bits per heavy atom. The maximum Gasteiger partial charge on any atom is 0.282 e. The Morgan fingerprint density at radius 1 is 1.23 bits per heavy atom. The summed E-state index contributed by atoms with van der Waals surface area (Å²) in [5.41, 5.74) is 2.90. The average Bonchev–Trinajstić information content (AvgIpc) is 2.84. The van der Waals surface area contributed by atoms with Gasteiger partial charge in [-0.15, -0.1) is 0 Å². The Hall–Kier alpha value is -2.24. The molecule has 4 nitrogen and oxygen atoms in total. The van der Waals surface area contributed by atoms with E-state index in [-0.39, 0.29) is 11.6 Å². The van der Waals surface area contributed by atoms with E-state index in [1.807, 2.05) is 32.0 Å². The molecule has 0 bridgehead atoms. The van der Waals surface area contributed by atoms with Gasteiger partial charge in [0.1, 0.15) is 11.7 Å². The number of benzene rings is 1. The fourth-order valence-electron chi connectivity index (χ4n) is 2.23. The van der Waals surface area contributed by atoms with Crippen molar-refractivity contribution in [2.24, 2.45) is 0 Å². The van der Waals surface area contributed by atoms with Crippen LogP contribution in [0.4, 0.5) is 14.5 Å². The molecule has 22 heavy (non-hydrogen) atoms. The summed E-state index contributed by atoms with van der Waals surface area (Å²) in [7, 11) is 0. The highest BCUT2D eigenvalue weighted by molar-refractivity contribution is 5.94. The van der Waals surface area contributed by atoms with Crippen molar-refractivity contribution in [3.05, 3.63) is 46.8 Å². The third-order valence-electron chi connectivity index (χ3n) is 3.56. The lowest BCUT2D eigenvalue weighted by molar-refractivity contribution is -0.119. The van der Waals surface area contributed by atoms with Crippen molar-refractivity contribution in [1.82, 2.24) is 9.78 Å². The summed E-state index contributed by atoms with van der Waals surface area (Å²) >= 11 is 0. The summed E-state index contributed by atoms with van der Waals surface area (Å²) in [5, 5.41) is 6.65. The van der Waals surface area contributed by atoms with E-state index in [9.17, 15) is 13.6 Å². The molecule has 0 saturated heterocycles. The molecule has 1 atom stereocenters. The topological polar surface area (TPSA) is 46.9 Å². The molecular weight excluding hydrogens is 288 g/mol. The molecule has 0 saturated carbocycles.